The van der Waals surface area contributed by atoms with E-state index in [9.17, 15) is 4.79 Å². The lowest BCUT2D eigenvalue weighted by Gasteiger charge is -2.09. The van der Waals surface area contributed by atoms with E-state index in [1.807, 2.05) is 43.3 Å². The number of carbonyl (C=O) groups is 1. The minimum absolute atomic E-state index is 0.105. The lowest BCUT2D eigenvalue weighted by atomic mass is 10.2. The molecule has 0 fully saturated rings. The molecule has 28 heavy (non-hydrogen) atoms. The second kappa shape index (κ2) is 7.85. The zero-order valence-corrected chi connectivity index (χ0v) is 16.3. The van der Waals surface area contributed by atoms with Gasteiger partial charge in [-0.1, -0.05) is 41.6 Å². The summed E-state index contributed by atoms with van der Waals surface area (Å²) in [5.74, 6) is 0.858. The molecule has 0 aliphatic carbocycles. The number of ether oxygens (including phenoxy) is 1. The van der Waals surface area contributed by atoms with Gasteiger partial charge in [0, 0.05) is 23.0 Å². The van der Waals surface area contributed by atoms with Gasteiger partial charge in [-0.2, -0.15) is 0 Å². The molecule has 0 bridgehead atoms. The van der Waals surface area contributed by atoms with Gasteiger partial charge in [0.2, 0.25) is 11.1 Å². The highest BCUT2D eigenvalue weighted by atomic mass is 32.2. The zero-order chi connectivity index (χ0) is 19.5. The van der Waals surface area contributed by atoms with Crippen LogP contribution in [-0.4, -0.2) is 38.9 Å². The summed E-state index contributed by atoms with van der Waals surface area (Å²) in [6.07, 6.45) is 0. The van der Waals surface area contributed by atoms with Crippen molar-refractivity contribution in [1.29, 1.82) is 0 Å². The highest BCUT2D eigenvalue weighted by Crippen LogP contribution is 2.24. The van der Waals surface area contributed by atoms with Gasteiger partial charge in [-0.25, -0.2) is 4.98 Å². The zero-order valence-electron chi connectivity index (χ0n) is 15.5. The SMILES string of the molecule is COc1ccccc1CNC(=O)CSc1nnc2c(n1)[nH]c1ccc(C)cc12. The van der Waals surface area contributed by atoms with Gasteiger partial charge in [-0.05, 0) is 25.1 Å². The smallest absolute Gasteiger partial charge is 0.230 e. The average Bonchev–Trinajstić information content (AvgIpc) is 3.07. The second-order valence-corrected chi connectivity index (χ2v) is 7.29. The summed E-state index contributed by atoms with van der Waals surface area (Å²) < 4.78 is 5.29. The molecule has 2 aromatic carbocycles. The fraction of sp³-hybridized carbons (Fsp3) is 0.200. The number of aryl methyl sites for hydroxylation is 1. The largest absolute Gasteiger partial charge is 0.496 e. The first-order valence-corrected chi connectivity index (χ1v) is 9.77. The molecule has 2 aromatic heterocycles. The number of benzene rings is 2. The van der Waals surface area contributed by atoms with Gasteiger partial charge >= 0.3 is 0 Å². The van der Waals surface area contributed by atoms with E-state index in [0.717, 1.165) is 33.3 Å². The topological polar surface area (TPSA) is 92.8 Å². The van der Waals surface area contributed by atoms with Gasteiger partial charge < -0.3 is 15.0 Å². The Morgan fingerprint density at radius 1 is 1.21 bits per heavy atom. The summed E-state index contributed by atoms with van der Waals surface area (Å²) in [4.78, 5) is 19.9. The quantitative estimate of drug-likeness (QED) is 0.489. The van der Waals surface area contributed by atoms with Crippen molar-refractivity contribution >= 4 is 39.7 Å². The number of nitrogens with one attached hydrogen (secondary N) is 2. The third-order valence-corrected chi connectivity index (χ3v) is 5.19. The average molecular weight is 393 g/mol. The van der Waals surface area contributed by atoms with Crippen molar-refractivity contribution in [3.63, 3.8) is 0 Å². The van der Waals surface area contributed by atoms with Crippen molar-refractivity contribution < 1.29 is 9.53 Å². The van der Waals surface area contributed by atoms with Crippen molar-refractivity contribution in [2.45, 2.75) is 18.6 Å². The van der Waals surface area contributed by atoms with E-state index in [1.165, 1.54) is 11.8 Å². The molecule has 4 rings (SSSR count). The van der Waals surface area contributed by atoms with E-state index >= 15 is 0 Å². The summed E-state index contributed by atoms with van der Waals surface area (Å²) in [5, 5.41) is 12.8. The Bertz CT molecular complexity index is 1160. The maximum Gasteiger partial charge on any atom is 0.230 e. The molecule has 2 N–H and O–H groups in total. The van der Waals surface area contributed by atoms with Gasteiger partial charge in [-0.15, -0.1) is 10.2 Å². The first-order valence-electron chi connectivity index (χ1n) is 8.78. The standard InChI is InChI=1S/C20H19N5O2S/c1-12-7-8-15-14(9-12)18-19(22-15)23-20(25-24-18)28-11-17(26)21-10-13-5-3-4-6-16(13)27-2/h3-9H,10-11H2,1-2H3,(H,21,26)(H,22,23,25). The molecule has 0 spiro atoms. The molecule has 0 saturated carbocycles. The molecule has 2 heterocycles. The second-order valence-electron chi connectivity index (χ2n) is 6.34. The Kier molecular flexibility index (Phi) is 5.12. The van der Waals surface area contributed by atoms with Crippen LogP contribution in [0.5, 0.6) is 5.75 Å². The summed E-state index contributed by atoms with van der Waals surface area (Å²) in [6, 6.07) is 13.7. The molecule has 0 aliphatic heterocycles. The minimum atomic E-state index is -0.105. The molecule has 7 nitrogen and oxygen atoms in total. The highest BCUT2D eigenvalue weighted by molar-refractivity contribution is 7.99. The Morgan fingerprint density at radius 3 is 2.93 bits per heavy atom. The maximum absolute atomic E-state index is 12.2. The predicted molar refractivity (Wildman–Crippen MR) is 109 cm³/mol. The lowest BCUT2D eigenvalue weighted by Crippen LogP contribution is -2.24. The Balaban J connectivity index is 1.41. The number of methoxy groups -OCH3 is 1. The van der Waals surface area contributed by atoms with Crippen LogP contribution in [0.3, 0.4) is 0 Å². The van der Waals surface area contributed by atoms with Crippen molar-refractivity contribution in [3.8, 4) is 5.75 Å². The van der Waals surface area contributed by atoms with Crippen LogP contribution in [0.1, 0.15) is 11.1 Å². The molecule has 8 heteroatoms. The van der Waals surface area contributed by atoms with Crippen LogP contribution in [0.2, 0.25) is 0 Å². The monoisotopic (exact) mass is 393 g/mol. The number of carbonyl (C=O) groups excluding carboxylic acids is 1. The molecule has 4 aromatic rings. The van der Waals surface area contributed by atoms with Gasteiger partial charge in [-0.3, -0.25) is 4.79 Å². The number of aromatic nitrogens is 4. The number of nitrogens with zero attached hydrogens (tertiary/aromatic N) is 3. The van der Waals surface area contributed by atoms with Crippen LogP contribution in [0.15, 0.2) is 47.6 Å². The van der Waals surface area contributed by atoms with Crippen molar-refractivity contribution in [2.75, 3.05) is 12.9 Å². The van der Waals surface area contributed by atoms with Gasteiger partial charge in [0.15, 0.2) is 5.65 Å². The van der Waals surface area contributed by atoms with Crippen molar-refractivity contribution in [3.05, 3.63) is 53.6 Å². The molecule has 142 valence electrons. The lowest BCUT2D eigenvalue weighted by molar-refractivity contribution is -0.118. The Hall–Kier alpha value is -3.13. The summed E-state index contributed by atoms with van der Waals surface area (Å²) in [5.41, 5.74) is 4.46. The van der Waals surface area contributed by atoms with Crippen LogP contribution >= 0.6 is 11.8 Å². The van der Waals surface area contributed by atoms with Crippen LogP contribution in [-0.2, 0) is 11.3 Å². The van der Waals surface area contributed by atoms with Crippen LogP contribution in [0, 0.1) is 6.92 Å². The molecule has 0 saturated heterocycles. The van der Waals surface area contributed by atoms with E-state index < -0.39 is 0 Å². The van der Waals surface area contributed by atoms with E-state index in [-0.39, 0.29) is 11.7 Å². The summed E-state index contributed by atoms with van der Waals surface area (Å²) >= 11 is 1.25. The third-order valence-electron chi connectivity index (χ3n) is 4.35. The normalized spacial score (nSPS) is 11.1. The van der Waals surface area contributed by atoms with E-state index in [2.05, 4.69) is 31.5 Å². The number of H-pyrrole nitrogens is 1. The number of hydrogen-bond donors (Lipinski definition) is 2. The molecule has 0 radical (unpaired) electrons. The van der Waals surface area contributed by atoms with Gasteiger partial charge in [0.1, 0.15) is 11.3 Å². The maximum atomic E-state index is 12.2. The van der Waals surface area contributed by atoms with Gasteiger partial charge in [0.25, 0.3) is 0 Å². The molecule has 0 atom stereocenters. The molecule has 1 amide bonds. The highest BCUT2D eigenvalue weighted by Gasteiger charge is 2.11. The third kappa shape index (κ3) is 3.77. The molecular weight excluding hydrogens is 374 g/mol. The first-order chi connectivity index (χ1) is 13.6. The summed E-state index contributed by atoms with van der Waals surface area (Å²) in [7, 11) is 1.61. The first kappa shape index (κ1) is 18.2. The van der Waals surface area contributed by atoms with Gasteiger partial charge in [0.05, 0.1) is 12.9 Å². The number of thioether (sulfide) groups is 1. The number of rotatable bonds is 6. The van der Waals surface area contributed by atoms with Crippen LogP contribution in [0.25, 0.3) is 22.1 Å². The van der Waals surface area contributed by atoms with E-state index in [0.29, 0.717) is 17.3 Å². The number of aromatic amines is 1. The van der Waals surface area contributed by atoms with Crippen LogP contribution < -0.4 is 10.1 Å². The van der Waals surface area contributed by atoms with Crippen molar-refractivity contribution in [1.82, 2.24) is 25.5 Å². The summed E-state index contributed by atoms with van der Waals surface area (Å²) in [6.45, 7) is 2.44. The predicted octanol–water partition coefficient (Wildman–Crippen LogP) is 3.23. The number of para-hydroxylation sites is 1. The Morgan fingerprint density at radius 2 is 2.07 bits per heavy atom. The Labute approximate surface area is 165 Å². The van der Waals surface area contributed by atoms with Crippen LogP contribution in [0.4, 0.5) is 0 Å². The number of hydrogen-bond acceptors (Lipinski definition) is 6. The molecule has 0 unspecified atom stereocenters. The van der Waals surface area contributed by atoms with E-state index in [1.54, 1.807) is 7.11 Å². The molecule has 0 aliphatic rings. The fourth-order valence-electron chi connectivity index (χ4n) is 2.96. The van der Waals surface area contributed by atoms with E-state index in [4.69, 9.17) is 4.74 Å². The fourth-order valence-corrected chi connectivity index (χ4v) is 3.57. The minimum Gasteiger partial charge on any atom is -0.496 e. The number of amides is 1. The van der Waals surface area contributed by atoms with Crippen molar-refractivity contribution in [2.24, 2.45) is 0 Å². The molecular formula is C20H19N5O2S. The number of fused-ring (bicyclic) bond motifs is 3.